The van der Waals surface area contributed by atoms with Crippen LogP contribution >= 0.6 is 0 Å². The van der Waals surface area contributed by atoms with Crippen LogP contribution in [0.4, 0.5) is 24.5 Å². The summed E-state index contributed by atoms with van der Waals surface area (Å²) in [5, 5.41) is 1.17. The minimum Gasteiger partial charge on any atom is -0.403 e. The van der Waals surface area contributed by atoms with Gasteiger partial charge in [-0.2, -0.15) is 0 Å². The Morgan fingerprint density at radius 1 is 1.10 bits per heavy atom. The second-order valence-electron chi connectivity index (χ2n) is 13.2. The summed E-state index contributed by atoms with van der Waals surface area (Å²) in [7, 11) is 1.85. The van der Waals surface area contributed by atoms with Gasteiger partial charge in [-0.3, -0.25) is 4.79 Å². The van der Waals surface area contributed by atoms with E-state index in [2.05, 4.69) is 18.6 Å². The number of anilines is 2. The SMILES string of the molecule is COCC12CCC(C)CC1CCC1C2CCC2(C)C1CC[C@@H]2C(=O)CN(N)c1cccc(OC(F)(F)F)c1N. The molecular weight excluding hydrogens is 507 g/mol. The van der Waals surface area contributed by atoms with E-state index in [9.17, 15) is 18.0 Å². The summed E-state index contributed by atoms with van der Waals surface area (Å²) in [6.45, 7) is 5.43. The van der Waals surface area contributed by atoms with Crippen LogP contribution < -0.4 is 21.3 Å². The number of fused-ring (bicyclic) bond motifs is 5. The molecule has 218 valence electrons. The number of para-hydroxylation sites is 1. The summed E-state index contributed by atoms with van der Waals surface area (Å²) in [5.41, 5.74) is 6.05. The van der Waals surface area contributed by atoms with Gasteiger partial charge in [0.1, 0.15) is 0 Å². The Morgan fingerprint density at radius 3 is 2.59 bits per heavy atom. The molecule has 0 saturated heterocycles. The molecule has 0 spiro atoms. The minimum atomic E-state index is -4.87. The van der Waals surface area contributed by atoms with Crippen molar-refractivity contribution >= 4 is 17.2 Å². The molecule has 0 heterocycles. The number of carbonyl (C=O) groups excluding carboxylic acids is 1. The molecular formula is C30H44F3N3O3. The van der Waals surface area contributed by atoms with E-state index in [1.54, 1.807) is 0 Å². The summed E-state index contributed by atoms with van der Waals surface area (Å²) < 4.78 is 48.3. The van der Waals surface area contributed by atoms with Crippen LogP contribution in [0.25, 0.3) is 0 Å². The number of alkyl halides is 3. The number of methoxy groups -OCH3 is 1. The summed E-state index contributed by atoms with van der Waals surface area (Å²) in [6, 6.07) is 4.04. The lowest BCUT2D eigenvalue weighted by Gasteiger charge is -2.62. The van der Waals surface area contributed by atoms with E-state index < -0.39 is 12.1 Å². The van der Waals surface area contributed by atoms with Crippen LogP contribution in [-0.4, -0.2) is 32.4 Å². The van der Waals surface area contributed by atoms with E-state index in [1.165, 1.54) is 49.2 Å². The molecule has 4 aliphatic carbocycles. The molecule has 6 nitrogen and oxygen atoms in total. The molecule has 9 heteroatoms. The van der Waals surface area contributed by atoms with Crippen molar-refractivity contribution in [2.75, 3.05) is 31.0 Å². The van der Waals surface area contributed by atoms with Crippen molar-refractivity contribution in [1.82, 2.24) is 0 Å². The molecule has 4 N–H and O–H groups in total. The van der Waals surface area contributed by atoms with Crippen LogP contribution in [0.2, 0.25) is 0 Å². The van der Waals surface area contributed by atoms with Gasteiger partial charge in [-0.05, 0) is 104 Å². The molecule has 0 aliphatic heterocycles. The zero-order valence-electron chi connectivity index (χ0n) is 23.4. The fourth-order valence-electron chi connectivity index (χ4n) is 9.70. The Hall–Kier alpha value is -2.00. The number of nitrogens with zero attached hydrogens (tertiary/aromatic N) is 1. The van der Waals surface area contributed by atoms with E-state index in [0.717, 1.165) is 50.2 Å². The van der Waals surface area contributed by atoms with Crippen LogP contribution in [-0.2, 0) is 9.53 Å². The van der Waals surface area contributed by atoms with Crippen molar-refractivity contribution < 1.29 is 27.4 Å². The van der Waals surface area contributed by atoms with E-state index >= 15 is 0 Å². The molecule has 0 aromatic heterocycles. The number of hydrazine groups is 1. The second-order valence-corrected chi connectivity index (χ2v) is 13.2. The van der Waals surface area contributed by atoms with Crippen molar-refractivity contribution in [2.24, 2.45) is 52.2 Å². The third kappa shape index (κ3) is 5.03. The molecule has 4 fully saturated rings. The normalized spacial score (nSPS) is 37.9. The molecule has 5 rings (SSSR count). The van der Waals surface area contributed by atoms with Crippen LogP contribution in [0, 0.1) is 46.3 Å². The van der Waals surface area contributed by atoms with E-state index in [4.69, 9.17) is 16.3 Å². The number of nitrogen functional groups attached to an aromatic ring is 1. The van der Waals surface area contributed by atoms with E-state index in [0.29, 0.717) is 17.8 Å². The molecule has 4 aliphatic rings. The summed E-state index contributed by atoms with van der Waals surface area (Å²) in [5.74, 6) is 8.91. The monoisotopic (exact) mass is 551 g/mol. The summed E-state index contributed by atoms with van der Waals surface area (Å²) in [4.78, 5) is 13.7. The fraction of sp³-hybridized carbons (Fsp3) is 0.767. The first kappa shape index (κ1) is 28.5. The van der Waals surface area contributed by atoms with Crippen molar-refractivity contribution in [3.63, 3.8) is 0 Å². The van der Waals surface area contributed by atoms with Gasteiger partial charge in [0.2, 0.25) is 0 Å². The minimum absolute atomic E-state index is 0.0364. The predicted molar refractivity (Wildman–Crippen MR) is 145 cm³/mol. The number of ketones is 1. The average Bonchev–Trinajstić information content (AvgIpc) is 3.22. The highest BCUT2D eigenvalue weighted by molar-refractivity contribution is 5.88. The third-order valence-electron chi connectivity index (χ3n) is 11.3. The third-order valence-corrected chi connectivity index (χ3v) is 11.3. The standard InChI is InChI=1S/C30H44F3N3O3/c1-18-11-14-29(17-38-3)19(15-18)7-8-20-21-9-10-23(28(21,2)13-12-22(20)29)25(37)16-36(35)24-5-4-6-26(27(24)34)39-30(31,32)33/h4-6,18-23H,7-17,34-35H2,1-3H3/t18?,19?,20?,21?,22?,23-,28?,29?/m1/s1. The zero-order chi connectivity index (χ0) is 28.2. The smallest absolute Gasteiger partial charge is 0.403 e. The predicted octanol–water partition coefficient (Wildman–Crippen LogP) is 6.34. The van der Waals surface area contributed by atoms with E-state index in [1.807, 2.05) is 7.11 Å². The highest BCUT2D eigenvalue weighted by Gasteiger charge is 2.62. The Balaban J connectivity index is 1.31. The number of rotatable bonds is 7. The van der Waals surface area contributed by atoms with Gasteiger partial charge in [-0.25, -0.2) is 5.84 Å². The Kier molecular flexibility index (Phi) is 7.63. The number of hydrogen-bond acceptors (Lipinski definition) is 6. The molecule has 0 amide bonds. The van der Waals surface area contributed by atoms with Gasteiger partial charge < -0.3 is 20.2 Å². The first-order chi connectivity index (χ1) is 18.4. The number of Topliss-reactive ketones (excluding diaryl/α,β-unsaturated/α-hetero) is 1. The van der Waals surface area contributed by atoms with Crippen LogP contribution in [0.3, 0.4) is 0 Å². The van der Waals surface area contributed by atoms with Gasteiger partial charge in [-0.1, -0.05) is 26.3 Å². The average molecular weight is 552 g/mol. The highest BCUT2D eigenvalue weighted by atomic mass is 19.4. The topological polar surface area (TPSA) is 90.8 Å². The lowest BCUT2D eigenvalue weighted by Crippen LogP contribution is -2.56. The second kappa shape index (κ2) is 10.4. The maximum absolute atomic E-state index is 13.7. The number of hydrogen-bond donors (Lipinski definition) is 2. The maximum Gasteiger partial charge on any atom is 0.573 e. The van der Waals surface area contributed by atoms with Gasteiger partial charge >= 0.3 is 6.36 Å². The van der Waals surface area contributed by atoms with Crippen molar-refractivity contribution in [1.29, 1.82) is 0 Å². The number of carbonyl (C=O) groups is 1. The first-order valence-electron chi connectivity index (χ1n) is 14.6. The maximum atomic E-state index is 13.7. The Morgan fingerprint density at radius 2 is 1.87 bits per heavy atom. The summed E-state index contributed by atoms with van der Waals surface area (Å²) in [6.07, 6.45) is 5.48. The number of ether oxygens (including phenoxy) is 2. The van der Waals surface area contributed by atoms with Gasteiger partial charge in [0.25, 0.3) is 0 Å². The van der Waals surface area contributed by atoms with E-state index in [-0.39, 0.29) is 40.5 Å². The molecule has 1 aromatic carbocycles. The lowest BCUT2D eigenvalue weighted by atomic mass is 9.44. The molecule has 8 atom stereocenters. The van der Waals surface area contributed by atoms with Gasteiger partial charge in [-0.15, -0.1) is 13.2 Å². The fourth-order valence-corrected chi connectivity index (χ4v) is 9.70. The lowest BCUT2D eigenvalue weighted by molar-refractivity contribution is -0.274. The molecule has 1 aromatic rings. The number of nitrogens with two attached hydrogens (primary N) is 2. The quantitative estimate of drug-likeness (QED) is 0.234. The Bertz CT molecular complexity index is 1070. The van der Waals surface area contributed by atoms with Crippen molar-refractivity contribution in [3.05, 3.63) is 18.2 Å². The van der Waals surface area contributed by atoms with Crippen LogP contribution in [0.5, 0.6) is 5.75 Å². The van der Waals surface area contributed by atoms with Crippen LogP contribution in [0.1, 0.15) is 71.6 Å². The molecule has 7 unspecified atom stereocenters. The van der Waals surface area contributed by atoms with Crippen molar-refractivity contribution in [2.45, 2.75) is 78.0 Å². The van der Waals surface area contributed by atoms with Crippen LogP contribution in [0.15, 0.2) is 18.2 Å². The van der Waals surface area contributed by atoms with Crippen molar-refractivity contribution in [3.8, 4) is 5.75 Å². The number of halogens is 3. The zero-order valence-corrected chi connectivity index (χ0v) is 23.4. The van der Waals surface area contributed by atoms with Gasteiger partial charge in [0.15, 0.2) is 11.5 Å². The molecule has 4 saturated carbocycles. The summed E-state index contributed by atoms with van der Waals surface area (Å²) >= 11 is 0. The Labute approximate surface area is 229 Å². The highest BCUT2D eigenvalue weighted by Crippen LogP contribution is 2.68. The first-order valence-corrected chi connectivity index (χ1v) is 14.6. The van der Waals surface area contributed by atoms with Gasteiger partial charge in [0, 0.05) is 13.0 Å². The number of benzene rings is 1. The molecule has 39 heavy (non-hydrogen) atoms. The molecule has 0 bridgehead atoms. The largest absolute Gasteiger partial charge is 0.573 e. The van der Waals surface area contributed by atoms with Gasteiger partial charge in [0.05, 0.1) is 24.5 Å². The molecule has 0 radical (unpaired) electrons.